The molecule has 5 rings (SSSR count). The van der Waals surface area contributed by atoms with E-state index in [4.69, 9.17) is 13.3 Å². The Morgan fingerprint density at radius 3 is 2.37 bits per heavy atom. The summed E-state index contributed by atoms with van der Waals surface area (Å²) in [5.74, 6) is -0.267. The van der Waals surface area contributed by atoms with Crippen molar-refractivity contribution in [3.8, 4) is 11.3 Å². The number of halogens is 4. The monoisotopic (exact) mass is 773 g/mol. The van der Waals surface area contributed by atoms with Gasteiger partial charge in [0.25, 0.3) is 0 Å². The van der Waals surface area contributed by atoms with Crippen molar-refractivity contribution in [2.45, 2.75) is 96.4 Å². The summed E-state index contributed by atoms with van der Waals surface area (Å²) in [5.41, 5.74) is 0.432. The molecule has 54 heavy (non-hydrogen) atoms. The molecule has 3 atom stereocenters. The van der Waals surface area contributed by atoms with Crippen LogP contribution in [0.4, 0.5) is 17.6 Å². The average Bonchev–Trinajstić information content (AvgIpc) is 3.74. The van der Waals surface area contributed by atoms with E-state index in [2.05, 4.69) is 49.1 Å². The maximum absolute atomic E-state index is 13.7. The van der Waals surface area contributed by atoms with Gasteiger partial charge in [0.05, 0.1) is 17.8 Å². The first-order chi connectivity index (χ1) is 25.1. The van der Waals surface area contributed by atoms with E-state index in [-0.39, 0.29) is 29.7 Å². The van der Waals surface area contributed by atoms with Crippen molar-refractivity contribution in [2.24, 2.45) is 5.92 Å². The van der Waals surface area contributed by atoms with Gasteiger partial charge in [-0.15, -0.1) is 0 Å². The number of hydrogen-bond acceptors (Lipinski definition) is 9. The SMILES string of the molecule is CC(=O)[C@H](Cc1cc2cnccc2o1)C[C@@H](CN1CCN(C(C)(C)c2ncc(-c3ccc(F)cc3)o2)C[C@H]1C(=O)NCC(F)(F)F)O[Si](C)(C)C(C)(C)C. The number of amides is 1. The van der Waals surface area contributed by atoms with Crippen molar-refractivity contribution in [2.75, 3.05) is 32.7 Å². The number of ketones is 1. The van der Waals surface area contributed by atoms with Gasteiger partial charge in [-0.2, -0.15) is 13.2 Å². The molecule has 1 amide bonds. The van der Waals surface area contributed by atoms with E-state index in [1.807, 2.05) is 29.7 Å². The number of Topliss-reactive ketones (excluding diaryl/α,β-unsaturated/α-hetero) is 1. The van der Waals surface area contributed by atoms with Crippen LogP contribution in [0.15, 0.2) is 63.8 Å². The van der Waals surface area contributed by atoms with Gasteiger partial charge in [0.15, 0.2) is 14.1 Å². The van der Waals surface area contributed by atoms with E-state index in [1.165, 1.54) is 19.1 Å². The smallest absolute Gasteiger partial charge is 0.405 e. The van der Waals surface area contributed by atoms with Gasteiger partial charge in [-0.05, 0) is 81.7 Å². The van der Waals surface area contributed by atoms with Gasteiger partial charge in [-0.3, -0.25) is 24.4 Å². The largest absolute Gasteiger partial charge is 0.461 e. The van der Waals surface area contributed by atoms with Crippen molar-refractivity contribution >= 4 is 31.0 Å². The molecule has 3 aromatic heterocycles. The third-order valence-electron chi connectivity index (χ3n) is 10.8. The molecular weight excluding hydrogens is 723 g/mol. The van der Waals surface area contributed by atoms with Crippen LogP contribution >= 0.6 is 0 Å². The Labute approximate surface area is 314 Å². The van der Waals surface area contributed by atoms with Gasteiger partial charge >= 0.3 is 6.18 Å². The fourth-order valence-electron chi connectivity index (χ4n) is 6.55. The standard InChI is InChI=1S/C39H51F4N5O5Si/c1-25(49)27(17-30-19-28-20-44-14-13-33(28)51-30)18-31(53-54(7,8)37(2,3)4)22-47-15-16-48(23-32(47)35(50)46-24-39(41,42)43)38(5,6)36-45-21-34(52-36)26-9-11-29(40)12-10-26/h9-14,19-21,27,31-32H,15-18,22-24H2,1-8H3,(H,46,50)/t27-,31+,32+/m1/s1. The van der Waals surface area contributed by atoms with Gasteiger partial charge in [-0.25, -0.2) is 9.37 Å². The van der Waals surface area contributed by atoms with Gasteiger partial charge in [0.1, 0.15) is 35.5 Å². The Kier molecular flexibility index (Phi) is 12.3. The number of hydrogen-bond donors (Lipinski definition) is 1. The van der Waals surface area contributed by atoms with Crippen molar-refractivity contribution < 1.29 is 40.4 Å². The van der Waals surface area contributed by atoms with Crippen LogP contribution in [-0.4, -0.2) is 90.8 Å². The first-order valence-corrected chi connectivity index (χ1v) is 21.1. The predicted molar refractivity (Wildman–Crippen MR) is 199 cm³/mol. The molecule has 294 valence electrons. The third kappa shape index (κ3) is 10.0. The highest BCUT2D eigenvalue weighted by atomic mass is 28.4. The minimum absolute atomic E-state index is 0.0468. The summed E-state index contributed by atoms with van der Waals surface area (Å²) in [7, 11) is -2.45. The number of rotatable bonds is 14. The molecule has 1 N–H and O–H groups in total. The van der Waals surface area contributed by atoms with E-state index in [1.54, 1.807) is 36.8 Å². The van der Waals surface area contributed by atoms with Crippen LogP contribution in [0.3, 0.4) is 0 Å². The highest BCUT2D eigenvalue weighted by Crippen LogP contribution is 2.39. The number of alkyl halides is 3. The fourth-order valence-corrected chi connectivity index (χ4v) is 7.91. The van der Waals surface area contributed by atoms with Gasteiger partial charge in [-0.1, -0.05) is 20.8 Å². The zero-order valence-corrected chi connectivity index (χ0v) is 33.2. The highest BCUT2D eigenvalue weighted by Gasteiger charge is 2.45. The van der Waals surface area contributed by atoms with Crippen LogP contribution in [0.2, 0.25) is 18.1 Å². The second-order valence-corrected chi connectivity index (χ2v) is 21.0. The van der Waals surface area contributed by atoms with Crippen LogP contribution in [0.1, 0.15) is 59.6 Å². The Hall–Kier alpha value is -3.92. The molecule has 4 aromatic rings. The number of nitrogens with one attached hydrogen (secondary N) is 1. The lowest BCUT2D eigenvalue weighted by Crippen LogP contribution is -2.64. The molecular formula is C39H51F4N5O5Si. The second-order valence-electron chi connectivity index (χ2n) is 16.3. The predicted octanol–water partition coefficient (Wildman–Crippen LogP) is 7.75. The number of fused-ring (bicyclic) bond motifs is 1. The summed E-state index contributed by atoms with van der Waals surface area (Å²) in [6.45, 7) is 15.4. The zero-order valence-electron chi connectivity index (χ0n) is 32.2. The molecule has 1 fully saturated rings. The van der Waals surface area contributed by atoms with Gasteiger partial charge in [0.2, 0.25) is 11.8 Å². The van der Waals surface area contributed by atoms with Crippen LogP contribution in [0.5, 0.6) is 0 Å². The second kappa shape index (κ2) is 16.0. The Bertz CT molecular complexity index is 1870. The molecule has 1 aliphatic heterocycles. The normalized spacial score (nSPS) is 17.8. The fraction of sp³-hybridized carbons (Fsp3) is 0.538. The topological polar surface area (TPSA) is 114 Å². The molecule has 4 heterocycles. The molecule has 0 saturated carbocycles. The lowest BCUT2D eigenvalue weighted by molar-refractivity contribution is -0.144. The van der Waals surface area contributed by atoms with E-state index in [9.17, 15) is 27.2 Å². The van der Waals surface area contributed by atoms with Gasteiger partial charge in [0, 0.05) is 61.9 Å². The molecule has 0 bridgehead atoms. The number of carbonyl (C=O) groups is 2. The van der Waals surface area contributed by atoms with Crippen LogP contribution < -0.4 is 5.32 Å². The summed E-state index contributed by atoms with van der Waals surface area (Å²) in [4.78, 5) is 39.4. The summed E-state index contributed by atoms with van der Waals surface area (Å²) < 4.78 is 72.8. The van der Waals surface area contributed by atoms with Crippen LogP contribution in [0, 0.1) is 11.7 Å². The number of pyridine rings is 1. The number of oxazole rings is 1. The molecule has 10 nitrogen and oxygen atoms in total. The number of furan rings is 1. The number of piperazine rings is 1. The van der Waals surface area contributed by atoms with E-state index >= 15 is 0 Å². The maximum atomic E-state index is 13.7. The number of nitrogens with zero attached hydrogens (tertiary/aromatic N) is 4. The molecule has 0 aliphatic carbocycles. The van der Waals surface area contributed by atoms with E-state index in [0.717, 1.165) is 5.39 Å². The van der Waals surface area contributed by atoms with Crippen LogP contribution in [0.25, 0.3) is 22.3 Å². The highest BCUT2D eigenvalue weighted by molar-refractivity contribution is 6.74. The van der Waals surface area contributed by atoms with Crippen molar-refractivity contribution in [3.63, 3.8) is 0 Å². The van der Waals surface area contributed by atoms with E-state index < -0.39 is 50.5 Å². The van der Waals surface area contributed by atoms with Crippen molar-refractivity contribution in [1.82, 2.24) is 25.1 Å². The number of benzene rings is 1. The minimum atomic E-state index is -4.60. The molecule has 0 spiro atoms. The first kappa shape index (κ1) is 41.2. The summed E-state index contributed by atoms with van der Waals surface area (Å²) in [6.07, 6.45) is 0.416. The number of carbonyl (C=O) groups excluding carboxylic acids is 2. The zero-order chi connectivity index (χ0) is 39.6. The Morgan fingerprint density at radius 1 is 1.04 bits per heavy atom. The Balaban J connectivity index is 1.41. The van der Waals surface area contributed by atoms with E-state index in [0.29, 0.717) is 54.5 Å². The summed E-state index contributed by atoms with van der Waals surface area (Å²) in [5, 5.41) is 2.75. The molecule has 15 heteroatoms. The quantitative estimate of drug-likeness (QED) is 0.102. The van der Waals surface area contributed by atoms with Gasteiger partial charge < -0.3 is 18.6 Å². The first-order valence-electron chi connectivity index (χ1n) is 18.2. The molecule has 1 saturated heterocycles. The average molecular weight is 774 g/mol. The number of aromatic nitrogens is 2. The van der Waals surface area contributed by atoms with Crippen molar-refractivity contribution in [3.05, 3.63) is 72.5 Å². The lowest BCUT2D eigenvalue weighted by atomic mass is 9.92. The lowest BCUT2D eigenvalue weighted by Gasteiger charge is -2.48. The Morgan fingerprint density at radius 2 is 1.74 bits per heavy atom. The molecule has 1 aliphatic rings. The molecule has 0 radical (unpaired) electrons. The minimum Gasteiger partial charge on any atom is -0.461 e. The molecule has 1 aromatic carbocycles. The molecule has 0 unspecified atom stereocenters. The third-order valence-corrected chi connectivity index (χ3v) is 15.4. The summed E-state index contributed by atoms with van der Waals surface area (Å²) >= 11 is 0. The summed E-state index contributed by atoms with van der Waals surface area (Å²) in [6, 6.07) is 8.46. The van der Waals surface area contributed by atoms with Crippen LogP contribution in [-0.2, 0) is 26.0 Å². The van der Waals surface area contributed by atoms with Crippen molar-refractivity contribution in [1.29, 1.82) is 0 Å². The maximum Gasteiger partial charge on any atom is 0.405 e.